The van der Waals surface area contributed by atoms with Crippen molar-refractivity contribution in [2.45, 2.75) is 19.9 Å². The topological polar surface area (TPSA) is 71.2 Å². The molecule has 2 N–H and O–H groups in total. The van der Waals surface area contributed by atoms with Crippen molar-refractivity contribution in [3.05, 3.63) is 36.0 Å². The molecule has 1 amide bonds. The van der Waals surface area contributed by atoms with Gasteiger partial charge in [-0.05, 0) is 18.6 Å². The number of fused-ring (bicyclic) bond motifs is 1. The van der Waals surface area contributed by atoms with Crippen molar-refractivity contribution in [3.63, 3.8) is 0 Å². The summed E-state index contributed by atoms with van der Waals surface area (Å²) in [4.78, 5) is 25.8. The van der Waals surface area contributed by atoms with Gasteiger partial charge in [-0.3, -0.25) is 9.59 Å². The highest BCUT2D eigenvalue weighted by molar-refractivity contribution is 5.94. The molecule has 0 radical (unpaired) electrons. The standard InChI is InChI=1S/C14H16N2O3/c1-2-19-14(18)7-13(17)16-9-10-8-15-12-6-4-3-5-11(10)12/h3-6,8,15H,2,7,9H2,1H3,(H,16,17). The monoisotopic (exact) mass is 260 g/mol. The number of nitrogens with one attached hydrogen (secondary N) is 2. The third-order valence-corrected chi connectivity index (χ3v) is 2.76. The molecule has 0 unspecified atom stereocenters. The van der Waals surface area contributed by atoms with Crippen LogP contribution >= 0.6 is 0 Å². The van der Waals surface area contributed by atoms with E-state index in [4.69, 9.17) is 4.74 Å². The predicted molar refractivity (Wildman–Crippen MR) is 71.4 cm³/mol. The summed E-state index contributed by atoms with van der Waals surface area (Å²) in [7, 11) is 0. The fraction of sp³-hybridized carbons (Fsp3) is 0.286. The van der Waals surface area contributed by atoms with E-state index in [0.29, 0.717) is 6.54 Å². The lowest BCUT2D eigenvalue weighted by Crippen LogP contribution is -2.25. The van der Waals surface area contributed by atoms with Crippen molar-refractivity contribution in [3.8, 4) is 0 Å². The number of amides is 1. The van der Waals surface area contributed by atoms with Crippen molar-refractivity contribution in [1.29, 1.82) is 0 Å². The van der Waals surface area contributed by atoms with Crippen LogP contribution in [0.2, 0.25) is 0 Å². The molecular formula is C14H16N2O3. The molecule has 5 heteroatoms. The van der Waals surface area contributed by atoms with E-state index in [1.54, 1.807) is 6.92 Å². The van der Waals surface area contributed by atoms with Crippen LogP contribution in [0, 0.1) is 0 Å². The van der Waals surface area contributed by atoms with Gasteiger partial charge in [0.2, 0.25) is 5.91 Å². The molecule has 0 aliphatic heterocycles. The molecule has 1 aromatic carbocycles. The molecule has 0 spiro atoms. The zero-order valence-corrected chi connectivity index (χ0v) is 10.7. The van der Waals surface area contributed by atoms with Gasteiger partial charge in [0.15, 0.2) is 0 Å². The summed E-state index contributed by atoms with van der Waals surface area (Å²) in [5.74, 6) is -0.831. The normalized spacial score (nSPS) is 10.4. The van der Waals surface area contributed by atoms with Crippen LogP contribution < -0.4 is 5.32 Å². The van der Waals surface area contributed by atoms with E-state index in [1.165, 1.54) is 0 Å². The Balaban J connectivity index is 1.92. The minimum atomic E-state index is -0.501. The van der Waals surface area contributed by atoms with Crippen LogP contribution in [-0.2, 0) is 20.9 Å². The third-order valence-electron chi connectivity index (χ3n) is 2.76. The van der Waals surface area contributed by atoms with Crippen LogP contribution in [0.25, 0.3) is 10.9 Å². The molecule has 100 valence electrons. The van der Waals surface area contributed by atoms with Gasteiger partial charge in [0, 0.05) is 23.6 Å². The summed E-state index contributed by atoms with van der Waals surface area (Å²) >= 11 is 0. The van der Waals surface area contributed by atoms with Gasteiger partial charge >= 0.3 is 5.97 Å². The number of aromatic nitrogens is 1. The van der Waals surface area contributed by atoms with Gasteiger partial charge in [-0.2, -0.15) is 0 Å². The van der Waals surface area contributed by atoms with Crippen molar-refractivity contribution in [2.75, 3.05) is 6.61 Å². The number of benzene rings is 1. The largest absolute Gasteiger partial charge is 0.466 e. The maximum absolute atomic E-state index is 11.5. The lowest BCUT2D eigenvalue weighted by Gasteiger charge is -2.04. The SMILES string of the molecule is CCOC(=O)CC(=O)NCc1c[nH]c2ccccc12. The Morgan fingerprint density at radius 1 is 1.32 bits per heavy atom. The number of carbonyl (C=O) groups excluding carboxylic acids is 2. The highest BCUT2D eigenvalue weighted by Gasteiger charge is 2.10. The number of aromatic amines is 1. The lowest BCUT2D eigenvalue weighted by atomic mass is 10.2. The predicted octanol–water partition coefficient (Wildman–Crippen LogP) is 1.74. The summed E-state index contributed by atoms with van der Waals surface area (Å²) in [5, 5.41) is 3.78. The average Bonchev–Trinajstić information content (AvgIpc) is 2.80. The number of carbonyl (C=O) groups is 2. The van der Waals surface area contributed by atoms with E-state index in [2.05, 4.69) is 10.3 Å². The van der Waals surface area contributed by atoms with Crippen molar-refractivity contribution in [1.82, 2.24) is 10.3 Å². The summed E-state index contributed by atoms with van der Waals surface area (Å²) in [5.41, 5.74) is 2.02. The molecule has 0 fully saturated rings. The van der Waals surface area contributed by atoms with Crippen LogP contribution in [0.5, 0.6) is 0 Å². The van der Waals surface area contributed by atoms with E-state index in [9.17, 15) is 9.59 Å². The first-order chi connectivity index (χ1) is 9.20. The number of ether oxygens (including phenoxy) is 1. The molecule has 0 saturated heterocycles. The molecule has 1 aromatic heterocycles. The molecule has 0 atom stereocenters. The first-order valence-electron chi connectivity index (χ1n) is 6.18. The second-order valence-corrected chi connectivity index (χ2v) is 4.12. The van der Waals surface area contributed by atoms with E-state index in [-0.39, 0.29) is 18.9 Å². The van der Waals surface area contributed by atoms with Crippen molar-refractivity contribution >= 4 is 22.8 Å². The molecule has 0 aliphatic carbocycles. The van der Waals surface area contributed by atoms with Crippen LogP contribution in [0.1, 0.15) is 18.9 Å². The Kier molecular flexibility index (Phi) is 4.18. The number of para-hydroxylation sites is 1. The van der Waals surface area contributed by atoms with E-state index < -0.39 is 5.97 Å². The highest BCUT2D eigenvalue weighted by Crippen LogP contribution is 2.17. The number of hydrogen-bond donors (Lipinski definition) is 2. The van der Waals surface area contributed by atoms with Gasteiger partial charge in [-0.15, -0.1) is 0 Å². The quantitative estimate of drug-likeness (QED) is 0.635. The number of hydrogen-bond acceptors (Lipinski definition) is 3. The maximum Gasteiger partial charge on any atom is 0.315 e. The molecule has 0 saturated carbocycles. The van der Waals surface area contributed by atoms with E-state index >= 15 is 0 Å². The van der Waals surface area contributed by atoms with Crippen LogP contribution in [0.3, 0.4) is 0 Å². The summed E-state index contributed by atoms with van der Waals surface area (Å²) < 4.78 is 4.71. The zero-order chi connectivity index (χ0) is 13.7. The fourth-order valence-electron chi connectivity index (χ4n) is 1.88. The van der Waals surface area contributed by atoms with Gasteiger partial charge in [-0.1, -0.05) is 18.2 Å². The number of H-pyrrole nitrogens is 1. The summed E-state index contributed by atoms with van der Waals surface area (Å²) in [6.07, 6.45) is 1.62. The van der Waals surface area contributed by atoms with Gasteiger partial charge in [-0.25, -0.2) is 0 Å². The molecular weight excluding hydrogens is 244 g/mol. The molecule has 2 rings (SSSR count). The van der Waals surface area contributed by atoms with Gasteiger partial charge in [0.25, 0.3) is 0 Å². The first kappa shape index (κ1) is 13.1. The van der Waals surface area contributed by atoms with E-state index in [1.807, 2.05) is 30.5 Å². The second-order valence-electron chi connectivity index (χ2n) is 4.12. The molecule has 0 aliphatic rings. The van der Waals surface area contributed by atoms with Crippen LogP contribution in [-0.4, -0.2) is 23.5 Å². The molecule has 19 heavy (non-hydrogen) atoms. The number of esters is 1. The van der Waals surface area contributed by atoms with Gasteiger partial charge < -0.3 is 15.0 Å². The summed E-state index contributed by atoms with van der Waals surface area (Å²) in [6.45, 7) is 2.39. The van der Waals surface area contributed by atoms with Crippen molar-refractivity contribution < 1.29 is 14.3 Å². The third kappa shape index (κ3) is 3.34. The Morgan fingerprint density at radius 2 is 2.11 bits per heavy atom. The zero-order valence-electron chi connectivity index (χ0n) is 10.7. The minimum absolute atomic E-state index is 0.240. The average molecular weight is 260 g/mol. The van der Waals surface area contributed by atoms with Gasteiger partial charge in [0.05, 0.1) is 6.61 Å². The van der Waals surface area contributed by atoms with Crippen LogP contribution in [0.15, 0.2) is 30.5 Å². The number of rotatable bonds is 5. The summed E-state index contributed by atoms with van der Waals surface area (Å²) in [6, 6.07) is 7.85. The Morgan fingerprint density at radius 3 is 2.89 bits per heavy atom. The minimum Gasteiger partial charge on any atom is -0.466 e. The molecule has 5 nitrogen and oxygen atoms in total. The second kappa shape index (κ2) is 6.04. The first-order valence-corrected chi connectivity index (χ1v) is 6.18. The fourth-order valence-corrected chi connectivity index (χ4v) is 1.88. The highest BCUT2D eigenvalue weighted by atomic mass is 16.5. The van der Waals surface area contributed by atoms with Crippen molar-refractivity contribution in [2.24, 2.45) is 0 Å². The molecule has 0 bridgehead atoms. The molecule has 2 aromatic rings. The molecule has 1 heterocycles. The lowest BCUT2D eigenvalue weighted by molar-refractivity contribution is -0.145. The Hall–Kier alpha value is -2.30. The maximum atomic E-state index is 11.5. The van der Waals surface area contributed by atoms with Gasteiger partial charge in [0.1, 0.15) is 6.42 Å². The smallest absolute Gasteiger partial charge is 0.315 e. The van der Waals surface area contributed by atoms with Crippen LogP contribution in [0.4, 0.5) is 0 Å². The van der Waals surface area contributed by atoms with E-state index in [0.717, 1.165) is 16.5 Å². The Labute approximate surface area is 110 Å². The Bertz CT molecular complexity index is 589.